The summed E-state index contributed by atoms with van der Waals surface area (Å²) in [6.45, 7) is 1.90. The molecule has 0 bridgehead atoms. The molecule has 1 heterocycles. The number of nitrogens with one attached hydrogen (secondary N) is 1. The lowest BCUT2D eigenvalue weighted by molar-refractivity contribution is 0.719. The topological polar surface area (TPSA) is 24.9 Å². The summed E-state index contributed by atoms with van der Waals surface area (Å²) in [4.78, 5) is 4.24. The van der Waals surface area contributed by atoms with E-state index in [-0.39, 0.29) is 0 Å². The SMILES string of the molecule is Brc1ccc(CNCCI)nc1. The first-order valence-electron chi connectivity index (χ1n) is 3.70. The number of nitrogens with zero attached hydrogens (tertiary/aromatic N) is 1. The minimum Gasteiger partial charge on any atom is -0.310 e. The molecule has 66 valence electrons. The molecule has 0 aliphatic rings. The van der Waals surface area contributed by atoms with Crippen molar-refractivity contribution in [2.24, 2.45) is 0 Å². The van der Waals surface area contributed by atoms with E-state index in [9.17, 15) is 0 Å². The van der Waals surface area contributed by atoms with Crippen LogP contribution in [0.25, 0.3) is 0 Å². The average molecular weight is 341 g/mol. The molecule has 4 heteroatoms. The van der Waals surface area contributed by atoms with Gasteiger partial charge in [0.25, 0.3) is 0 Å². The van der Waals surface area contributed by atoms with E-state index in [0.717, 1.165) is 27.7 Å². The van der Waals surface area contributed by atoms with Gasteiger partial charge in [-0.05, 0) is 28.1 Å². The molecule has 1 rings (SSSR count). The van der Waals surface area contributed by atoms with Crippen molar-refractivity contribution in [2.75, 3.05) is 11.0 Å². The van der Waals surface area contributed by atoms with Crippen LogP contribution in [0.4, 0.5) is 0 Å². The van der Waals surface area contributed by atoms with Crippen LogP contribution in [-0.4, -0.2) is 16.0 Å². The molecule has 0 saturated heterocycles. The first kappa shape index (κ1) is 10.4. The number of hydrogen-bond donors (Lipinski definition) is 1. The van der Waals surface area contributed by atoms with Crippen molar-refractivity contribution in [2.45, 2.75) is 6.54 Å². The first-order chi connectivity index (χ1) is 5.83. The Hall–Kier alpha value is 0.320. The lowest BCUT2D eigenvalue weighted by atomic mass is 10.3. The average Bonchev–Trinajstić information content (AvgIpc) is 2.09. The zero-order valence-corrected chi connectivity index (χ0v) is 10.3. The van der Waals surface area contributed by atoms with Gasteiger partial charge in [0.1, 0.15) is 0 Å². The quantitative estimate of drug-likeness (QED) is 0.517. The molecule has 0 saturated carbocycles. The van der Waals surface area contributed by atoms with Gasteiger partial charge in [-0.15, -0.1) is 0 Å². The highest BCUT2D eigenvalue weighted by atomic mass is 127. The van der Waals surface area contributed by atoms with E-state index in [1.165, 1.54) is 0 Å². The van der Waals surface area contributed by atoms with Crippen molar-refractivity contribution >= 4 is 38.5 Å². The summed E-state index contributed by atoms with van der Waals surface area (Å²) in [7, 11) is 0. The van der Waals surface area contributed by atoms with Crippen molar-refractivity contribution in [3.05, 3.63) is 28.5 Å². The van der Waals surface area contributed by atoms with Crippen LogP contribution in [0.15, 0.2) is 22.8 Å². The van der Waals surface area contributed by atoms with E-state index < -0.39 is 0 Å². The standard InChI is InChI=1S/C8H10BrIN2/c9-7-1-2-8(12-5-7)6-11-4-3-10/h1-2,5,11H,3-4,6H2. The van der Waals surface area contributed by atoms with Gasteiger partial charge in [0.05, 0.1) is 5.69 Å². The van der Waals surface area contributed by atoms with E-state index in [0.29, 0.717) is 0 Å². The van der Waals surface area contributed by atoms with Crippen LogP contribution in [0.2, 0.25) is 0 Å². The smallest absolute Gasteiger partial charge is 0.0542 e. The molecule has 0 aliphatic heterocycles. The molecule has 1 aromatic heterocycles. The van der Waals surface area contributed by atoms with Gasteiger partial charge >= 0.3 is 0 Å². The fraction of sp³-hybridized carbons (Fsp3) is 0.375. The van der Waals surface area contributed by atoms with Crippen LogP contribution < -0.4 is 5.32 Å². The van der Waals surface area contributed by atoms with Crippen molar-refractivity contribution < 1.29 is 0 Å². The van der Waals surface area contributed by atoms with E-state index in [2.05, 4.69) is 48.8 Å². The molecule has 0 radical (unpaired) electrons. The third-order valence-corrected chi connectivity index (χ3v) is 2.37. The second kappa shape index (κ2) is 5.88. The number of alkyl halides is 1. The summed E-state index contributed by atoms with van der Waals surface area (Å²) in [5, 5.41) is 3.29. The largest absolute Gasteiger partial charge is 0.310 e. The monoisotopic (exact) mass is 340 g/mol. The van der Waals surface area contributed by atoms with Crippen molar-refractivity contribution in [3.8, 4) is 0 Å². The molecule has 1 N–H and O–H groups in total. The van der Waals surface area contributed by atoms with Gasteiger partial charge in [0.15, 0.2) is 0 Å². The number of pyridine rings is 1. The molecule has 0 spiro atoms. The molecule has 1 aromatic rings. The third-order valence-electron chi connectivity index (χ3n) is 1.37. The zero-order chi connectivity index (χ0) is 8.81. The van der Waals surface area contributed by atoms with Gasteiger partial charge in [0, 0.05) is 28.2 Å². The van der Waals surface area contributed by atoms with Gasteiger partial charge in [-0.25, -0.2) is 0 Å². The summed E-state index contributed by atoms with van der Waals surface area (Å²) in [6, 6.07) is 4.03. The summed E-state index contributed by atoms with van der Waals surface area (Å²) in [5.74, 6) is 0. The molecule has 2 nitrogen and oxygen atoms in total. The molecule has 0 unspecified atom stereocenters. The van der Waals surface area contributed by atoms with Crippen LogP contribution in [0.3, 0.4) is 0 Å². The van der Waals surface area contributed by atoms with E-state index >= 15 is 0 Å². The molecule has 12 heavy (non-hydrogen) atoms. The maximum atomic E-state index is 4.24. The Morgan fingerprint density at radius 1 is 1.50 bits per heavy atom. The highest BCUT2D eigenvalue weighted by molar-refractivity contribution is 14.1. The van der Waals surface area contributed by atoms with Crippen LogP contribution >= 0.6 is 38.5 Å². The number of rotatable bonds is 4. The van der Waals surface area contributed by atoms with Crippen LogP contribution in [0, 0.1) is 0 Å². The Bertz CT molecular complexity index is 225. The summed E-state index contributed by atoms with van der Waals surface area (Å²) < 4.78 is 2.16. The van der Waals surface area contributed by atoms with E-state index in [1.54, 1.807) is 0 Å². The van der Waals surface area contributed by atoms with Crippen molar-refractivity contribution in [1.82, 2.24) is 10.3 Å². The second-order valence-corrected chi connectivity index (χ2v) is 4.33. The molecule has 0 atom stereocenters. The zero-order valence-electron chi connectivity index (χ0n) is 6.56. The van der Waals surface area contributed by atoms with E-state index in [4.69, 9.17) is 0 Å². The fourth-order valence-corrected chi connectivity index (χ4v) is 1.41. The van der Waals surface area contributed by atoms with Gasteiger partial charge in [-0.2, -0.15) is 0 Å². The maximum Gasteiger partial charge on any atom is 0.0542 e. The highest BCUT2D eigenvalue weighted by Gasteiger charge is 1.92. The van der Waals surface area contributed by atoms with Crippen LogP contribution in [0.1, 0.15) is 5.69 Å². The first-order valence-corrected chi connectivity index (χ1v) is 6.02. The van der Waals surface area contributed by atoms with Gasteiger partial charge < -0.3 is 5.32 Å². The molecule has 0 amide bonds. The van der Waals surface area contributed by atoms with Crippen molar-refractivity contribution in [3.63, 3.8) is 0 Å². The normalized spacial score (nSPS) is 10.2. The summed E-state index contributed by atoms with van der Waals surface area (Å²) >= 11 is 5.69. The summed E-state index contributed by atoms with van der Waals surface area (Å²) in [6.07, 6.45) is 1.82. The Morgan fingerprint density at radius 3 is 2.92 bits per heavy atom. The van der Waals surface area contributed by atoms with Gasteiger partial charge in [-0.1, -0.05) is 22.6 Å². The van der Waals surface area contributed by atoms with E-state index in [1.807, 2.05) is 18.3 Å². The summed E-state index contributed by atoms with van der Waals surface area (Å²) in [5.41, 5.74) is 1.09. The third kappa shape index (κ3) is 3.82. The van der Waals surface area contributed by atoms with Gasteiger partial charge in [-0.3, -0.25) is 4.98 Å². The highest BCUT2D eigenvalue weighted by Crippen LogP contribution is 2.06. The predicted molar refractivity (Wildman–Crippen MR) is 62.5 cm³/mol. The fourth-order valence-electron chi connectivity index (χ4n) is 0.794. The lowest BCUT2D eigenvalue weighted by Crippen LogP contribution is -2.16. The molecule has 0 aromatic carbocycles. The number of hydrogen-bond acceptors (Lipinski definition) is 2. The molecule has 0 aliphatic carbocycles. The lowest BCUT2D eigenvalue weighted by Gasteiger charge is -2.01. The maximum absolute atomic E-state index is 4.24. The Labute approximate surface area is 94.4 Å². The molecular weight excluding hydrogens is 331 g/mol. The second-order valence-electron chi connectivity index (χ2n) is 2.33. The molecule has 0 fully saturated rings. The van der Waals surface area contributed by atoms with Gasteiger partial charge in [0.2, 0.25) is 0 Å². The predicted octanol–water partition coefficient (Wildman–Crippen LogP) is 2.37. The molecular formula is C8H10BrIN2. The van der Waals surface area contributed by atoms with Crippen molar-refractivity contribution in [1.29, 1.82) is 0 Å². The Balaban J connectivity index is 2.37. The number of halogens is 2. The van der Waals surface area contributed by atoms with Crippen LogP contribution in [-0.2, 0) is 6.54 Å². The minimum absolute atomic E-state index is 0.857. The Kier molecular flexibility index (Phi) is 5.10. The Morgan fingerprint density at radius 2 is 2.33 bits per heavy atom. The van der Waals surface area contributed by atoms with Crippen LogP contribution in [0.5, 0.6) is 0 Å². The minimum atomic E-state index is 0.857. The number of aromatic nitrogens is 1.